The van der Waals surface area contributed by atoms with Crippen LogP contribution in [-0.2, 0) is 24.8 Å². The minimum atomic E-state index is -0.955. The van der Waals surface area contributed by atoms with Crippen LogP contribution in [0.4, 0.5) is 4.79 Å². The van der Waals surface area contributed by atoms with Crippen LogP contribution in [0.1, 0.15) is 61.3 Å². The number of imide groups is 1. The minimum absolute atomic E-state index is 0.0393. The Labute approximate surface area is 210 Å². The summed E-state index contributed by atoms with van der Waals surface area (Å²) in [5, 5.41) is 7.48. The molecule has 0 bridgehead atoms. The van der Waals surface area contributed by atoms with Gasteiger partial charge in [-0.15, -0.1) is 0 Å². The van der Waals surface area contributed by atoms with Crippen LogP contribution in [0.3, 0.4) is 0 Å². The van der Waals surface area contributed by atoms with Gasteiger partial charge in [-0.2, -0.15) is 5.10 Å². The third-order valence-corrected chi connectivity index (χ3v) is 7.67. The number of fused-ring (bicyclic) bond motifs is 1. The van der Waals surface area contributed by atoms with Crippen molar-refractivity contribution in [2.24, 2.45) is 13.0 Å². The SMILES string of the molecule is CCCc1cc(C(=O)N2CCC([C@]3(CC)NC(=O)N(Cc4ccc5c(c4)OCO5)C3=O)CC2)n(C)n1. The first kappa shape index (κ1) is 24.1. The number of nitrogens with one attached hydrogen (secondary N) is 1. The Hall–Kier alpha value is -3.56. The van der Waals surface area contributed by atoms with Crippen molar-refractivity contribution in [3.8, 4) is 11.5 Å². The van der Waals surface area contributed by atoms with E-state index in [1.54, 1.807) is 17.8 Å². The maximum atomic E-state index is 13.6. The van der Waals surface area contributed by atoms with Crippen molar-refractivity contribution in [2.75, 3.05) is 19.9 Å². The Morgan fingerprint density at radius 3 is 2.61 bits per heavy atom. The average molecular weight is 496 g/mol. The number of ether oxygens (including phenoxy) is 2. The largest absolute Gasteiger partial charge is 0.454 e. The Morgan fingerprint density at radius 1 is 1.14 bits per heavy atom. The van der Waals surface area contributed by atoms with Gasteiger partial charge in [0.15, 0.2) is 11.5 Å². The van der Waals surface area contributed by atoms with Crippen molar-refractivity contribution in [3.63, 3.8) is 0 Å². The molecular weight excluding hydrogens is 462 g/mol. The molecule has 0 unspecified atom stereocenters. The fraction of sp³-hybridized carbons (Fsp3) is 0.538. The molecular formula is C26H33N5O5. The molecule has 1 aromatic heterocycles. The molecule has 3 aliphatic heterocycles. The highest BCUT2D eigenvalue weighted by molar-refractivity contribution is 6.07. The zero-order valence-electron chi connectivity index (χ0n) is 21.1. The van der Waals surface area contributed by atoms with E-state index in [0.29, 0.717) is 49.5 Å². The van der Waals surface area contributed by atoms with E-state index in [1.165, 1.54) is 4.90 Å². The Bertz CT molecular complexity index is 1190. The number of hydrogen-bond donors (Lipinski definition) is 1. The van der Waals surface area contributed by atoms with Crippen molar-refractivity contribution in [2.45, 2.75) is 58.0 Å². The van der Waals surface area contributed by atoms with E-state index in [9.17, 15) is 14.4 Å². The van der Waals surface area contributed by atoms with Crippen molar-refractivity contribution in [1.82, 2.24) is 24.9 Å². The van der Waals surface area contributed by atoms with Gasteiger partial charge in [0.2, 0.25) is 6.79 Å². The number of carbonyl (C=O) groups excluding carboxylic acids is 3. The smallest absolute Gasteiger partial charge is 0.325 e. The molecule has 10 nitrogen and oxygen atoms in total. The summed E-state index contributed by atoms with van der Waals surface area (Å²) in [6, 6.07) is 6.94. The van der Waals surface area contributed by atoms with Gasteiger partial charge in [-0.1, -0.05) is 26.3 Å². The van der Waals surface area contributed by atoms with Gasteiger partial charge < -0.3 is 19.7 Å². The predicted molar refractivity (Wildman–Crippen MR) is 130 cm³/mol. The van der Waals surface area contributed by atoms with E-state index in [1.807, 2.05) is 30.0 Å². The van der Waals surface area contributed by atoms with Gasteiger partial charge in [0.1, 0.15) is 11.2 Å². The summed E-state index contributed by atoms with van der Waals surface area (Å²) in [6.07, 6.45) is 3.59. The number of benzene rings is 1. The maximum absolute atomic E-state index is 13.6. The molecule has 0 radical (unpaired) electrons. The van der Waals surface area contributed by atoms with Crippen LogP contribution in [0.15, 0.2) is 24.3 Å². The molecule has 5 rings (SSSR count). The second kappa shape index (κ2) is 9.48. The fourth-order valence-electron chi connectivity index (χ4n) is 5.66. The van der Waals surface area contributed by atoms with E-state index in [-0.39, 0.29) is 37.1 Å². The molecule has 0 spiro atoms. The lowest BCUT2D eigenvalue weighted by molar-refractivity contribution is -0.134. The summed E-state index contributed by atoms with van der Waals surface area (Å²) < 4.78 is 12.4. The van der Waals surface area contributed by atoms with Crippen LogP contribution < -0.4 is 14.8 Å². The Morgan fingerprint density at radius 2 is 1.89 bits per heavy atom. The second-order valence-corrected chi connectivity index (χ2v) is 9.79. The van der Waals surface area contributed by atoms with E-state index >= 15 is 0 Å². The number of hydrogen-bond acceptors (Lipinski definition) is 6. The third-order valence-electron chi connectivity index (χ3n) is 7.67. The fourth-order valence-corrected chi connectivity index (χ4v) is 5.66. The number of urea groups is 1. The first-order valence-electron chi connectivity index (χ1n) is 12.7. The zero-order chi connectivity index (χ0) is 25.4. The summed E-state index contributed by atoms with van der Waals surface area (Å²) in [5.41, 5.74) is 1.35. The van der Waals surface area contributed by atoms with Crippen molar-refractivity contribution >= 4 is 17.8 Å². The lowest BCUT2D eigenvalue weighted by atomic mass is 9.75. The number of aromatic nitrogens is 2. The molecule has 1 aromatic carbocycles. The number of rotatable bonds is 7. The molecule has 4 amide bonds. The van der Waals surface area contributed by atoms with Crippen molar-refractivity contribution in [3.05, 3.63) is 41.2 Å². The predicted octanol–water partition coefficient (Wildman–Crippen LogP) is 2.85. The highest BCUT2D eigenvalue weighted by Gasteiger charge is 2.55. The van der Waals surface area contributed by atoms with Crippen LogP contribution in [-0.4, -0.2) is 62.8 Å². The van der Waals surface area contributed by atoms with Gasteiger partial charge in [0.25, 0.3) is 11.8 Å². The third kappa shape index (κ3) is 4.08. The number of piperidine rings is 1. The molecule has 0 aliphatic carbocycles. The molecule has 0 saturated carbocycles. The number of carbonyl (C=O) groups is 3. The first-order chi connectivity index (χ1) is 17.4. The number of aryl methyl sites for hydroxylation is 2. The van der Waals surface area contributed by atoms with Gasteiger partial charge >= 0.3 is 6.03 Å². The second-order valence-electron chi connectivity index (χ2n) is 9.79. The summed E-state index contributed by atoms with van der Waals surface area (Å²) in [7, 11) is 1.80. The molecule has 1 N–H and O–H groups in total. The van der Waals surface area contributed by atoms with Crippen LogP contribution in [0.2, 0.25) is 0 Å². The quantitative estimate of drug-likeness (QED) is 0.592. The van der Waals surface area contributed by atoms with Gasteiger partial charge in [-0.25, -0.2) is 4.79 Å². The van der Waals surface area contributed by atoms with Crippen LogP contribution in [0, 0.1) is 5.92 Å². The molecule has 2 saturated heterocycles. The van der Waals surface area contributed by atoms with E-state index in [4.69, 9.17) is 9.47 Å². The van der Waals surface area contributed by atoms with Crippen LogP contribution >= 0.6 is 0 Å². The normalized spacial score (nSPS) is 21.9. The summed E-state index contributed by atoms with van der Waals surface area (Å²) >= 11 is 0. The number of nitrogens with zero attached hydrogens (tertiary/aromatic N) is 4. The minimum Gasteiger partial charge on any atom is -0.454 e. The summed E-state index contributed by atoms with van der Waals surface area (Å²) in [5.74, 6) is 0.990. The molecule has 4 heterocycles. The molecule has 10 heteroatoms. The van der Waals surface area contributed by atoms with E-state index in [0.717, 1.165) is 24.1 Å². The molecule has 2 aromatic rings. The lowest BCUT2D eigenvalue weighted by Crippen LogP contribution is -2.56. The molecule has 36 heavy (non-hydrogen) atoms. The summed E-state index contributed by atoms with van der Waals surface area (Å²) in [6.45, 7) is 5.42. The van der Waals surface area contributed by atoms with Gasteiger partial charge in [-0.3, -0.25) is 19.2 Å². The van der Waals surface area contributed by atoms with Gasteiger partial charge in [0, 0.05) is 20.1 Å². The van der Waals surface area contributed by atoms with E-state index < -0.39 is 5.54 Å². The topological polar surface area (TPSA) is 106 Å². The highest BCUT2D eigenvalue weighted by Crippen LogP contribution is 2.38. The Kier molecular flexibility index (Phi) is 6.36. The zero-order valence-corrected chi connectivity index (χ0v) is 21.1. The van der Waals surface area contributed by atoms with Gasteiger partial charge in [0.05, 0.1) is 12.2 Å². The molecule has 1 atom stereocenters. The highest BCUT2D eigenvalue weighted by atomic mass is 16.7. The standard InChI is InChI=1S/C26H33N5O5/c1-4-6-19-14-20(29(3)28-19)23(32)30-11-9-18(10-12-30)26(5-2)24(33)31(25(34)27-26)15-17-7-8-21-22(13-17)36-16-35-21/h7-8,13-14,18H,4-6,9-12,15-16H2,1-3H3,(H,27,34)/t26-/m0/s1. The monoisotopic (exact) mass is 495 g/mol. The average Bonchev–Trinajstić information content (AvgIpc) is 3.56. The van der Waals surface area contributed by atoms with Crippen molar-refractivity contribution in [1.29, 1.82) is 0 Å². The maximum Gasteiger partial charge on any atom is 0.325 e. The van der Waals surface area contributed by atoms with Crippen molar-refractivity contribution < 1.29 is 23.9 Å². The lowest BCUT2D eigenvalue weighted by Gasteiger charge is -2.40. The van der Waals surface area contributed by atoms with Crippen LogP contribution in [0.25, 0.3) is 0 Å². The molecule has 3 aliphatic rings. The van der Waals surface area contributed by atoms with Crippen LogP contribution in [0.5, 0.6) is 11.5 Å². The molecule has 2 fully saturated rings. The van der Waals surface area contributed by atoms with Gasteiger partial charge in [-0.05, 0) is 55.4 Å². The number of amides is 4. The molecule has 192 valence electrons. The van der Waals surface area contributed by atoms with E-state index in [2.05, 4.69) is 17.3 Å². The Balaban J connectivity index is 1.26. The number of likely N-dealkylation sites (tertiary alicyclic amines) is 1. The summed E-state index contributed by atoms with van der Waals surface area (Å²) in [4.78, 5) is 42.9. The first-order valence-corrected chi connectivity index (χ1v) is 12.7.